The fourth-order valence-corrected chi connectivity index (χ4v) is 2.83. The number of hydrogen-bond donors (Lipinski definition) is 0. The first-order valence-corrected chi connectivity index (χ1v) is 8.56. The third kappa shape index (κ3) is 4.04. The topological polar surface area (TPSA) is 85.0 Å². The summed E-state index contributed by atoms with van der Waals surface area (Å²) in [7, 11) is 0. The number of fused-ring (bicyclic) bond motifs is 1. The van der Waals surface area contributed by atoms with Crippen LogP contribution in [-0.2, 0) is 29.1 Å². The van der Waals surface area contributed by atoms with E-state index in [9.17, 15) is 9.59 Å². The third-order valence-corrected chi connectivity index (χ3v) is 4.45. The molecule has 0 saturated heterocycles. The molecule has 0 fully saturated rings. The van der Waals surface area contributed by atoms with Crippen molar-refractivity contribution in [3.05, 3.63) is 75.3 Å². The average Bonchev–Trinajstić information content (AvgIpc) is 2.66. The van der Waals surface area contributed by atoms with Crippen LogP contribution in [0.3, 0.4) is 0 Å². The molecule has 0 spiro atoms. The van der Waals surface area contributed by atoms with Gasteiger partial charge in [-0.15, -0.1) is 0 Å². The lowest BCUT2D eigenvalue weighted by Gasteiger charge is -2.11. The van der Waals surface area contributed by atoms with Crippen LogP contribution >= 0.6 is 0 Å². The number of carbonyl (C=O) groups is 1. The van der Waals surface area contributed by atoms with E-state index in [0.717, 1.165) is 16.7 Å². The van der Waals surface area contributed by atoms with E-state index in [0.29, 0.717) is 10.9 Å². The van der Waals surface area contributed by atoms with Crippen LogP contribution in [0, 0.1) is 25.2 Å². The van der Waals surface area contributed by atoms with Crippen molar-refractivity contribution in [2.45, 2.75) is 33.4 Å². The van der Waals surface area contributed by atoms with Crippen molar-refractivity contribution in [2.75, 3.05) is 0 Å². The highest BCUT2D eigenvalue weighted by molar-refractivity contribution is 5.77. The van der Waals surface area contributed by atoms with Gasteiger partial charge in [-0.2, -0.15) is 5.26 Å². The predicted molar refractivity (Wildman–Crippen MR) is 101 cm³/mol. The van der Waals surface area contributed by atoms with Crippen LogP contribution in [0.25, 0.3) is 10.9 Å². The Kier molecular flexibility index (Phi) is 5.32. The molecule has 136 valence electrons. The largest absolute Gasteiger partial charge is 0.457 e. The standard InChI is InChI=1S/C21H19N3O3/c1-14-7-8-16(11-15(14)2)12-20(25)27-13-19-23-18-6-4-3-5-17(18)21(26)24(19)10-9-22/h3-8,11H,10,12-13H2,1-2H3. The summed E-state index contributed by atoms with van der Waals surface area (Å²) < 4.78 is 6.56. The number of aromatic nitrogens is 2. The van der Waals surface area contributed by atoms with Gasteiger partial charge in [-0.1, -0.05) is 30.3 Å². The number of para-hydroxylation sites is 1. The van der Waals surface area contributed by atoms with Gasteiger partial charge in [-0.05, 0) is 42.7 Å². The van der Waals surface area contributed by atoms with E-state index in [1.165, 1.54) is 4.57 Å². The Labute approximate surface area is 156 Å². The van der Waals surface area contributed by atoms with Crippen LogP contribution in [0.5, 0.6) is 0 Å². The minimum absolute atomic E-state index is 0.136. The maximum Gasteiger partial charge on any atom is 0.310 e. The number of rotatable bonds is 5. The summed E-state index contributed by atoms with van der Waals surface area (Å²) in [6, 6.07) is 14.7. The average molecular weight is 361 g/mol. The van der Waals surface area contributed by atoms with Crippen molar-refractivity contribution in [2.24, 2.45) is 0 Å². The zero-order chi connectivity index (χ0) is 19.4. The molecule has 0 atom stereocenters. The van der Waals surface area contributed by atoms with Gasteiger partial charge in [0.1, 0.15) is 13.2 Å². The van der Waals surface area contributed by atoms with E-state index in [-0.39, 0.29) is 31.0 Å². The normalized spacial score (nSPS) is 10.6. The van der Waals surface area contributed by atoms with Crippen molar-refractivity contribution < 1.29 is 9.53 Å². The predicted octanol–water partition coefficient (Wildman–Crippen LogP) is 2.82. The van der Waals surface area contributed by atoms with Crippen molar-refractivity contribution in [1.82, 2.24) is 9.55 Å². The van der Waals surface area contributed by atoms with Gasteiger partial charge in [0.25, 0.3) is 5.56 Å². The zero-order valence-corrected chi connectivity index (χ0v) is 15.2. The highest BCUT2D eigenvalue weighted by Gasteiger charge is 2.13. The number of benzene rings is 2. The molecule has 1 aromatic heterocycles. The first-order chi connectivity index (χ1) is 13.0. The van der Waals surface area contributed by atoms with Crippen LogP contribution < -0.4 is 5.56 Å². The molecule has 0 amide bonds. The van der Waals surface area contributed by atoms with Gasteiger partial charge in [-0.25, -0.2) is 4.98 Å². The number of carbonyl (C=O) groups excluding carboxylic acids is 1. The number of nitrogens with zero attached hydrogens (tertiary/aromatic N) is 3. The van der Waals surface area contributed by atoms with Gasteiger partial charge in [-0.3, -0.25) is 14.2 Å². The van der Waals surface area contributed by atoms with E-state index in [1.54, 1.807) is 24.3 Å². The molecule has 0 aliphatic heterocycles. The Bertz CT molecular complexity index is 1110. The fraction of sp³-hybridized carbons (Fsp3) is 0.238. The smallest absolute Gasteiger partial charge is 0.310 e. The minimum Gasteiger partial charge on any atom is -0.457 e. The third-order valence-electron chi connectivity index (χ3n) is 4.45. The van der Waals surface area contributed by atoms with E-state index < -0.39 is 5.97 Å². The second kappa shape index (κ2) is 7.83. The van der Waals surface area contributed by atoms with Crippen LogP contribution in [0.4, 0.5) is 0 Å². The van der Waals surface area contributed by atoms with E-state index in [2.05, 4.69) is 4.98 Å². The molecule has 0 aliphatic rings. The maximum absolute atomic E-state index is 12.6. The first-order valence-electron chi connectivity index (χ1n) is 8.56. The van der Waals surface area contributed by atoms with E-state index in [4.69, 9.17) is 10.00 Å². The van der Waals surface area contributed by atoms with Crippen molar-refractivity contribution in [3.63, 3.8) is 0 Å². The Balaban J connectivity index is 1.80. The molecule has 27 heavy (non-hydrogen) atoms. The van der Waals surface area contributed by atoms with Crippen molar-refractivity contribution >= 4 is 16.9 Å². The number of ether oxygens (including phenoxy) is 1. The summed E-state index contributed by atoms with van der Waals surface area (Å²) in [6.45, 7) is 3.69. The van der Waals surface area contributed by atoms with Gasteiger partial charge >= 0.3 is 5.97 Å². The van der Waals surface area contributed by atoms with E-state index in [1.807, 2.05) is 38.1 Å². The Hall–Kier alpha value is -3.46. The molecule has 1 heterocycles. The zero-order valence-electron chi connectivity index (χ0n) is 15.2. The molecular weight excluding hydrogens is 342 g/mol. The SMILES string of the molecule is Cc1ccc(CC(=O)OCc2nc3ccccc3c(=O)n2CC#N)cc1C. The fourth-order valence-electron chi connectivity index (χ4n) is 2.83. The molecular formula is C21H19N3O3. The summed E-state index contributed by atoms with van der Waals surface area (Å²) in [5, 5.41) is 9.44. The Morgan fingerprint density at radius 1 is 1.19 bits per heavy atom. The lowest BCUT2D eigenvalue weighted by Crippen LogP contribution is -2.26. The molecule has 3 rings (SSSR count). The Morgan fingerprint density at radius 2 is 1.96 bits per heavy atom. The van der Waals surface area contributed by atoms with Gasteiger partial charge < -0.3 is 4.74 Å². The highest BCUT2D eigenvalue weighted by Crippen LogP contribution is 2.12. The highest BCUT2D eigenvalue weighted by atomic mass is 16.5. The number of esters is 1. The Morgan fingerprint density at radius 3 is 2.70 bits per heavy atom. The molecule has 0 aliphatic carbocycles. The minimum atomic E-state index is -0.413. The van der Waals surface area contributed by atoms with E-state index >= 15 is 0 Å². The molecule has 6 nitrogen and oxygen atoms in total. The summed E-state index contributed by atoms with van der Waals surface area (Å²) in [4.78, 5) is 29.2. The maximum atomic E-state index is 12.6. The van der Waals surface area contributed by atoms with Crippen LogP contribution in [-0.4, -0.2) is 15.5 Å². The van der Waals surface area contributed by atoms with Crippen molar-refractivity contribution in [3.8, 4) is 6.07 Å². The quantitative estimate of drug-likeness (QED) is 0.652. The van der Waals surface area contributed by atoms with Gasteiger partial charge in [0, 0.05) is 0 Å². The molecule has 0 bridgehead atoms. The number of aryl methyl sites for hydroxylation is 2. The van der Waals surface area contributed by atoms with Gasteiger partial charge in [0.15, 0.2) is 5.82 Å². The van der Waals surface area contributed by atoms with Crippen molar-refractivity contribution in [1.29, 1.82) is 5.26 Å². The molecule has 3 aromatic rings. The first kappa shape index (κ1) is 18.3. The molecule has 6 heteroatoms. The number of hydrogen-bond acceptors (Lipinski definition) is 5. The second-order valence-electron chi connectivity index (χ2n) is 6.35. The molecule has 0 N–H and O–H groups in total. The summed E-state index contributed by atoms with van der Waals surface area (Å²) in [6.07, 6.45) is 0.136. The van der Waals surface area contributed by atoms with Crippen LogP contribution in [0.15, 0.2) is 47.3 Å². The molecule has 0 saturated carbocycles. The molecule has 0 radical (unpaired) electrons. The summed E-state index contributed by atoms with van der Waals surface area (Å²) >= 11 is 0. The lowest BCUT2D eigenvalue weighted by atomic mass is 10.0. The second-order valence-corrected chi connectivity index (χ2v) is 6.35. The lowest BCUT2D eigenvalue weighted by molar-refractivity contribution is -0.144. The van der Waals surface area contributed by atoms with Gasteiger partial charge in [0.2, 0.25) is 0 Å². The molecule has 2 aromatic carbocycles. The number of nitriles is 1. The van der Waals surface area contributed by atoms with Gasteiger partial charge in [0.05, 0.1) is 23.4 Å². The molecule has 0 unspecified atom stereocenters. The van der Waals surface area contributed by atoms with Crippen LogP contribution in [0.2, 0.25) is 0 Å². The monoisotopic (exact) mass is 361 g/mol. The summed E-state index contributed by atoms with van der Waals surface area (Å²) in [5.41, 5.74) is 3.33. The summed E-state index contributed by atoms with van der Waals surface area (Å²) in [5.74, 6) is -0.155. The van der Waals surface area contributed by atoms with Crippen LogP contribution in [0.1, 0.15) is 22.5 Å².